The molecule has 2 N–H and O–H groups in total. The van der Waals surface area contributed by atoms with Crippen molar-refractivity contribution in [3.63, 3.8) is 0 Å². The van der Waals surface area contributed by atoms with E-state index < -0.39 is 10.8 Å². The van der Waals surface area contributed by atoms with E-state index in [1.807, 2.05) is 6.92 Å². The Balaban J connectivity index is 2.08. The molecule has 2 unspecified atom stereocenters. The molecule has 0 spiro atoms. The third-order valence-electron chi connectivity index (χ3n) is 3.25. The normalized spacial score (nSPS) is 18.1. The van der Waals surface area contributed by atoms with Crippen molar-refractivity contribution in [2.45, 2.75) is 37.2 Å². The highest BCUT2D eigenvalue weighted by atomic mass is 32.2. The Hall–Kier alpha value is -0.670. The van der Waals surface area contributed by atoms with Crippen molar-refractivity contribution in [1.82, 2.24) is 0 Å². The summed E-state index contributed by atoms with van der Waals surface area (Å²) >= 11 is 0. The molecule has 16 heavy (non-hydrogen) atoms. The number of benzene rings is 1. The van der Waals surface area contributed by atoms with Gasteiger partial charge in [-0.05, 0) is 42.9 Å². The molecule has 2 rings (SSSR count). The maximum Gasteiger partial charge on any atom is 0.0488 e. The summed E-state index contributed by atoms with van der Waals surface area (Å²) in [5, 5.41) is 0.0910. The molecule has 0 aromatic heterocycles. The van der Waals surface area contributed by atoms with E-state index >= 15 is 0 Å². The first-order chi connectivity index (χ1) is 7.70. The summed E-state index contributed by atoms with van der Waals surface area (Å²) in [4.78, 5) is 0. The molecule has 0 heterocycles. The quantitative estimate of drug-likeness (QED) is 0.867. The maximum absolute atomic E-state index is 11.9. The fourth-order valence-corrected chi connectivity index (χ4v) is 3.14. The smallest absolute Gasteiger partial charge is 0.0488 e. The van der Waals surface area contributed by atoms with E-state index in [0.717, 1.165) is 0 Å². The molecule has 1 aliphatic carbocycles. The van der Waals surface area contributed by atoms with Crippen LogP contribution in [-0.4, -0.2) is 16.0 Å². The van der Waals surface area contributed by atoms with Crippen LogP contribution in [0.4, 0.5) is 0 Å². The van der Waals surface area contributed by atoms with E-state index in [1.54, 1.807) is 0 Å². The predicted molar refractivity (Wildman–Crippen MR) is 68.8 cm³/mol. The molecular weight excluding hydrogens is 218 g/mol. The van der Waals surface area contributed by atoms with Gasteiger partial charge in [0.15, 0.2) is 0 Å². The molecule has 0 bridgehead atoms. The highest BCUT2D eigenvalue weighted by molar-refractivity contribution is 7.84. The van der Waals surface area contributed by atoms with E-state index in [2.05, 4.69) is 18.2 Å². The van der Waals surface area contributed by atoms with Crippen LogP contribution in [0.5, 0.6) is 0 Å². The minimum absolute atomic E-state index is 0.0910. The van der Waals surface area contributed by atoms with Crippen LogP contribution in [-0.2, 0) is 29.4 Å². The molecule has 3 heteroatoms. The van der Waals surface area contributed by atoms with Crippen molar-refractivity contribution in [1.29, 1.82) is 0 Å². The highest BCUT2D eigenvalue weighted by Crippen LogP contribution is 2.23. The molecule has 88 valence electrons. The second-order valence-corrected chi connectivity index (χ2v) is 6.38. The molecule has 0 saturated heterocycles. The van der Waals surface area contributed by atoms with Crippen LogP contribution in [0, 0.1) is 0 Å². The third-order valence-corrected chi connectivity index (χ3v) is 4.96. The molecule has 0 saturated carbocycles. The summed E-state index contributed by atoms with van der Waals surface area (Å²) < 4.78 is 11.9. The Morgan fingerprint density at radius 1 is 1.38 bits per heavy atom. The third kappa shape index (κ3) is 2.53. The lowest BCUT2D eigenvalue weighted by atomic mass is 10.1. The largest absolute Gasteiger partial charge is 0.329 e. The standard InChI is InChI=1S/C13H19NOS/c1-10(8-14)16(15)9-11-5-6-12-3-2-4-13(12)7-11/h5-7,10H,2-4,8-9,14H2,1H3. The number of rotatable bonds is 4. The van der Waals surface area contributed by atoms with Gasteiger partial charge in [0.1, 0.15) is 0 Å². The van der Waals surface area contributed by atoms with Crippen molar-refractivity contribution in [3.8, 4) is 0 Å². The number of fused-ring (bicyclic) bond motifs is 1. The minimum atomic E-state index is -0.837. The van der Waals surface area contributed by atoms with Crippen molar-refractivity contribution in [2.75, 3.05) is 6.54 Å². The number of nitrogens with two attached hydrogens (primary N) is 1. The van der Waals surface area contributed by atoms with Gasteiger partial charge in [-0.15, -0.1) is 0 Å². The molecule has 0 radical (unpaired) electrons. The van der Waals surface area contributed by atoms with E-state index in [9.17, 15) is 4.21 Å². The summed E-state index contributed by atoms with van der Waals surface area (Å²) in [7, 11) is -0.837. The van der Waals surface area contributed by atoms with Crippen LogP contribution in [0.2, 0.25) is 0 Å². The van der Waals surface area contributed by atoms with Crippen LogP contribution in [0.3, 0.4) is 0 Å². The summed E-state index contributed by atoms with van der Waals surface area (Å²) in [6.07, 6.45) is 3.65. The zero-order valence-electron chi connectivity index (χ0n) is 9.74. The van der Waals surface area contributed by atoms with Crippen LogP contribution < -0.4 is 5.73 Å². The minimum Gasteiger partial charge on any atom is -0.329 e. The second-order valence-electron chi connectivity index (χ2n) is 4.53. The van der Waals surface area contributed by atoms with E-state index in [0.29, 0.717) is 12.3 Å². The predicted octanol–water partition coefficient (Wildman–Crippen LogP) is 1.77. The van der Waals surface area contributed by atoms with Gasteiger partial charge in [-0.3, -0.25) is 4.21 Å². The van der Waals surface area contributed by atoms with Gasteiger partial charge >= 0.3 is 0 Å². The van der Waals surface area contributed by atoms with Crippen LogP contribution in [0.25, 0.3) is 0 Å². The molecule has 2 nitrogen and oxygen atoms in total. The fraction of sp³-hybridized carbons (Fsp3) is 0.538. The summed E-state index contributed by atoms with van der Waals surface area (Å²) in [6.45, 7) is 2.45. The zero-order valence-corrected chi connectivity index (χ0v) is 10.6. The first kappa shape index (κ1) is 11.8. The number of hydrogen-bond acceptors (Lipinski definition) is 2. The maximum atomic E-state index is 11.9. The van der Waals surface area contributed by atoms with E-state index in [4.69, 9.17) is 5.73 Å². The van der Waals surface area contributed by atoms with Crippen LogP contribution in [0.15, 0.2) is 18.2 Å². The second kappa shape index (κ2) is 5.11. The van der Waals surface area contributed by atoms with Gasteiger partial charge in [-0.2, -0.15) is 0 Å². The molecule has 1 aromatic carbocycles. The average molecular weight is 237 g/mol. The highest BCUT2D eigenvalue weighted by Gasteiger charge is 2.13. The molecule has 0 amide bonds. The van der Waals surface area contributed by atoms with Crippen molar-refractivity contribution < 1.29 is 4.21 Å². The van der Waals surface area contributed by atoms with E-state index in [1.165, 1.54) is 36.0 Å². The van der Waals surface area contributed by atoms with Gasteiger partial charge in [-0.25, -0.2) is 0 Å². The van der Waals surface area contributed by atoms with Crippen molar-refractivity contribution >= 4 is 10.8 Å². The van der Waals surface area contributed by atoms with Gasteiger partial charge < -0.3 is 5.73 Å². The van der Waals surface area contributed by atoms with Gasteiger partial charge in [0, 0.05) is 28.3 Å². The van der Waals surface area contributed by atoms with Gasteiger partial charge in [0.05, 0.1) is 0 Å². The molecule has 1 aromatic rings. The monoisotopic (exact) mass is 237 g/mol. The molecule has 1 aliphatic rings. The van der Waals surface area contributed by atoms with Crippen LogP contribution in [0.1, 0.15) is 30.0 Å². The molecule has 0 fully saturated rings. The molecule has 2 atom stereocenters. The van der Waals surface area contributed by atoms with Crippen LogP contribution >= 0.6 is 0 Å². The Kier molecular flexibility index (Phi) is 3.77. The van der Waals surface area contributed by atoms with Gasteiger partial charge in [-0.1, -0.05) is 18.2 Å². The zero-order chi connectivity index (χ0) is 11.5. The van der Waals surface area contributed by atoms with Crippen molar-refractivity contribution in [3.05, 3.63) is 34.9 Å². The number of aryl methyl sites for hydroxylation is 2. The fourth-order valence-electron chi connectivity index (χ4n) is 2.13. The summed E-state index contributed by atoms with van der Waals surface area (Å²) in [6, 6.07) is 6.54. The summed E-state index contributed by atoms with van der Waals surface area (Å²) in [5.74, 6) is 0.644. The lowest BCUT2D eigenvalue weighted by Gasteiger charge is -2.09. The Bertz CT molecular complexity index is 403. The molecular formula is C13H19NOS. The Morgan fingerprint density at radius 2 is 2.12 bits per heavy atom. The molecule has 0 aliphatic heterocycles. The summed E-state index contributed by atoms with van der Waals surface area (Å²) in [5.41, 5.74) is 9.64. The topological polar surface area (TPSA) is 43.1 Å². The van der Waals surface area contributed by atoms with Gasteiger partial charge in [0.2, 0.25) is 0 Å². The Labute approximate surface area is 99.7 Å². The SMILES string of the molecule is CC(CN)S(=O)Cc1ccc2c(c1)CCC2. The first-order valence-electron chi connectivity index (χ1n) is 5.88. The van der Waals surface area contributed by atoms with Crippen molar-refractivity contribution in [2.24, 2.45) is 5.73 Å². The lowest BCUT2D eigenvalue weighted by molar-refractivity contribution is 0.672. The average Bonchev–Trinajstić information content (AvgIpc) is 2.75. The van der Waals surface area contributed by atoms with E-state index in [-0.39, 0.29) is 5.25 Å². The Morgan fingerprint density at radius 3 is 2.88 bits per heavy atom. The van der Waals surface area contributed by atoms with Gasteiger partial charge in [0.25, 0.3) is 0 Å². The number of hydrogen-bond donors (Lipinski definition) is 1. The first-order valence-corrected chi connectivity index (χ1v) is 7.27. The lowest BCUT2D eigenvalue weighted by Crippen LogP contribution is -2.22.